The summed E-state index contributed by atoms with van der Waals surface area (Å²) in [6, 6.07) is 6.34. The summed E-state index contributed by atoms with van der Waals surface area (Å²) in [4.78, 5) is 11.9. The van der Waals surface area contributed by atoms with E-state index < -0.39 is 0 Å². The molecular formula is C21H32O2. The second-order valence-corrected chi connectivity index (χ2v) is 6.67. The molecule has 0 radical (unpaired) electrons. The highest BCUT2D eigenvalue weighted by Crippen LogP contribution is 2.22. The molecule has 128 valence electrons. The molecule has 0 aliphatic heterocycles. The van der Waals surface area contributed by atoms with Gasteiger partial charge in [0.1, 0.15) is 0 Å². The van der Waals surface area contributed by atoms with Gasteiger partial charge in [-0.05, 0) is 42.4 Å². The van der Waals surface area contributed by atoms with Crippen LogP contribution in [0.25, 0.3) is 6.08 Å². The van der Waals surface area contributed by atoms with Gasteiger partial charge >= 0.3 is 5.97 Å². The average molecular weight is 316 g/mol. The van der Waals surface area contributed by atoms with E-state index in [0.717, 1.165) is 18.4 Å². The zero-order chi connectivity index (χ0) is 17.2. The van der Waals surface area contributed by atoms with Crippen molar-refractivity contribution in [2.75, 3.05) is 6.61 Å². The summed E-state index contributed by atoms with van der Waals surface area (Å²) >= 11 is 0. The van der Waals surface area contributed by atoms with Crippen LogP contribution in [0.5, 0.6) is 0 Å². The van der Waals surface area contributed by atoms with Crippen LogP contribution in [0.1, 0.15) is 76.0 Å². The molecule has 0 saturated heterocycles. The van der Waals surface area contributed by atoms with Crippen molar-refractivity contribution in [2.45, 2.75) is 66.2 Å². The molecule has 0 heterocycles. The molecule has 2 heteroatoms. The first kappa shape index (κ1) is 19.5. The van der Waals surface area contributed by atoms with Gasteiger partial charge in [0.05, 0.1) is 6.61 Å². The lowest BCUT2D eigenvalue weighted by molar-refractivity contribution is -0.139. The van der Waals surface area contributed by atoms with Crippen molar-refractivity contribution in [3.63, 3.8) is 0 Å². The van der Waals surface area contributed by atoms with Gasteiger partial charge in [-0.1, -0.05) is 70.7 Å². The lowest BCUT2D eigenvalue weighted by Crippen LogP contribution is -2.12. The third-order valence-electron chi connectivity index (χ3n) is 4.27. The number of rotatable bonds is 9. The maximum atomic E-state index is 11.9. The average Bonchev–Trinajstić information content (AvgIpc) is 2.53. The van der Waals surface area contributed by atoms with Gasteiger partial charge in [-0.25, -0.2) is 4.79 Å². The van der Waals surface area contributed by atoms with Gasteiger partial charge < -0.3 is 4.74 Å². The van der Waals surface area contributed by atoms with Crippen molar-refractivity contribution in [3.8, 4) is 0 Å². The highest BCUT2D eigenvalue weighted by atomic mass is 16.5. The third-order valence-corrected chi connectivity index (χ3v) is 4.27. The molecule has 2 nitrogen and oxygen atoms in total. The minimum absolute atomic E-state index is 0.241. The number of carbonyl (C=O) groups is 1. The van der Waals surface area contributed by atoms with Crippen molar-refractivity contribution in [1.29, 1.82) is 0 Å². The first-order valence-electron chi connectivity index (χ1n) is 8.93. The van der Waals surface area contributed by atoms with Gasteiger partial charge in [-0.15, -0.1) is 0 Å². The Hall–Kier alpha value is -1.57. The topological polar surface area (TPSA) is 26.3 Å². The molecule has 0 amide bonds. The molecule has 0 aliphatic carbocycles. The Labute approximate surface area is 141 Å². The predicted octanol–water partition coefficient (Wildman–Crippen LogP) is 5.89. The number of hydrogen-bond acceptors (Lipinski definition) is 2. The van der Waals surface area contributed by atoms with Gasteiger partial charge in [0.15, 0.2) is 0 Å². The Balaban J connectivity index is 2.62. The molecule has 0 N–H and O–H groups in total. The normalized spacial score (nSPS) is 12.8. The van der Waals surface area contributed by atoms with E-state index in [-0.39, 0.29) is 5.97 Å². The van der Waals surface area contributed by atoms with Gasteiger partial charge in [-0.2, -0.15) is 0 Å². The fraction of sp³-hybridized carbons (Fsp3) is 0.571. The summed E-state index contributed by atoms with van der Waals surface area (Å²) < 4.78 is 5.41. The zero-order valence-corrected chi connectivity index (χ0v) is 15.4. The van der Waals surface area contributed by atoms with Gasteiger partial charge in [-0.3, -0.25) is 0 Å². The zero-order valence-electron chi connectivity index (χ0n) is 15.4. The molecule has 1 aromatic carbocycles. The van der Waals surface area contributed by atoms with E-state index in [0.29, 0.717) is 18.4 Å². The minimum Gasteiger partial charge on any atom is -0.462 e. The molecular weight excluding hydrogens is 284 g/mol. The van der Waals surface area contributed by atoms with E-state index in [1.54, 1.807) is 6.08 Å². The van der Waals surface area contributed by atoms with Crippen LogP contribution in [-0.4, -0.2) is 12.6 Å². The molecule has 1 atom stereocenters. The Kier molecular flexibility index (Phi) is 8.68. The summed E-state index contributed by atoms with van der Waals surface area (Å²) in [5.74, 6) is 0.678. The molecule has 1 rings (SSSR count). The summed E-state index contributed by atoms with van der Waals surface area (Å²) in [7, 11) is 0. The SMILES string of the molecule is CCCCC(CC)COC(=O)/C=C/c1ccc(C)cc1C(C)C. The lowest BCUT2D eigenvalue weighted by atomic mass is 9.95. The van der Waals surface area contributed by atoms with Crippen molar-refractivity contribution < 1.29 is 9.53 Å². The third kappa shape index (κ3) is 7.02. The molecule has 0 aliphatic rings. The van der Waals surface area contributed by atoms with Crippen LogP contribution in [0.4, 0.5) is 0 Å². The number of carbonyl (C=O) groups excluding carboxylic acids is 1. The largest absolute Gasteiger partial charge is 0.462 e. The molecule has 0 saturated carbocycles. The first-order valence-corrected chi connectivity index (χ1v) is 8.93. The van der Waals surface area contributed by atoms with Crippen LogP contribution in [0.15, 0.2) is 24.3 Å². The van der Waals surface area contributed by atoms with E-state index in [1.807, 2.05) is 6.08 Å². The minimum atomic E-state index is -0.241. The first-order chi connectivity index (χ1) is 11.0. The van der Waals surface area contributed by atoms with E-state index in [9.17, 15) is 4.79 Å². The van der Waals surface area contributed by atoms with E-state index in [2.05, 4.69) is 52.8 Å². The summed E-state index contributed by atoms with van der Waals surface area (Å²) in [6.45, 7) is 11.3. The molecule has 0 spiro atoms. The van der Waals surface area contributed by atoms with Crippen LogP contribution >= 0.6 is 0 Å². The maximum absolute atomic E-state index is 11.9. The molecule has 23 heavy (non-hydrogen) atoms. The number of unbranched alkanes of at least 4 members (excludes halogenated alkanes) is 1. The van der Waals surface area contributed by atoms with Gasteiger partial charge in [0, 0.05) is 6.08 Å². The monoisotopic (exact) mass is 316 g/mol. The highest BCUT2D eigenvalue weighted by Gasteiger charge is 2.09. The smallest absolute Gasteiger partial charge is 0.330 e. The van der Waals surface area contributed by atoms with Crippen molar-refractivity contribution >= 4 is 12.0 Å². The summed E-state index contributed by atoms with van der Waals surface area (Å²) in [6.07, 6.45) is 8.03. The second kappa shape index (κ2) is 10.3. The standard InChI is InChI=1S/C21H32O2/c1-6-8-9-18(7-2)15-23-21(22)13-12-19-11-10-17(5)14-20(19)16(3)4/h10-14,16,18H,6-9,15H2,1-5H3/b13-12+. The quantitative estimate of drug-likeness (QED) is 0.419. The Morgan fingerprint density at radius 1 is 1.26 bits per heavy atom. The lowest BCUT2D eigenvalue weighted by Gasteiger charge is -2.14. The van der Waals surface area contributed by atoms with Crippen molar-refractivity contribution in [2.24, 2.45) is 5.92 Å². The fourth-order valence-electron chi connectivity index (χ4n) is 2.65. The van der Waals surface area contributed by atoms with Crippen molar-refractivity contribution in [1.82, 2.24) is 0 Å². The van der Waals surface area contributed by atoms with E-state index in [4.69, 9.17) is 4.74 Å². The van der Waals surface area contributed by atoms with Crippen molar-refractivity contribution in [3.05, 3.63) is 41.0 Å². The maximum Gasteiger partial charge on any atom is 0.330 e. The van der Waals surface area contributed by atoms with Crippen LogP contribution in [0.2, 0.25) is 0 Å². The molecule has 0 fully saturated rings. The molecule has 1 aromatic rings. The van der Waals surface area contributed by atoms with E-state index >= 15 is 0 Å². The summed E-state index contributed by atoms with van der Waals surface area (Å²) in [5.41, 5.74) is 3.61. The number of hydrogen-bond donors (Lipinski definition) is 0. The molecule has 0 aromatic heterocycles. The van der Waals surface area contributed by atoms with Gasteiger partial charge in [0.2, 0.25) is 0 Å². The van der Waals surface area contributed by atoms with E-state index in [1.165, 1.54) is 24.0 Å². The Bertz CT molecular complexity index is 515. The molecule has 1 unspecified atom stereocenters. The predicted molar refractivity (Wildman–Crippen MR) is 98.6 cm³/mol. The summed E-state index contributed by atoms with van der Waals surface area (Å²) in [5, 5.41) is 0. The number of ether oxygens (including phenoxy) is 1. The highest BCUT2D eigenvalue weighted by molar-refractivity contribution is 5.87. The van der Waals surface area contributed by atoms with Crippen LogP contribution in [-0.2, 0) is 9.53 Å². The number of aryl methyl sites for hydroxylation is 1. The Morgan fingerprint density at radius 2 is 2.00 bits per heavy atom. The number of benzene rings is 1. The van der Waals surface area contributed by atoms with Crippen LogP contribution < -0.4 is 0 Å². The van der Waals surface area contributed by atoms with Crippen LogP contribution in [0.3, 0.4) is 0 Å². The second-order valence-electron chi connectivity index (χ2n) is 6.67. The number of esters is 1. The van der Waals surface area contributed by atoms with Gasteiger partial charge in [0.25, 0.3) is 0 Å². The fourth-order valence-corrected chi connectivity index (χ4v) is 2.65. The Morgan fingerprint density at radius 3 is 2.61 bits per heavy atom. The van der Waals surface area contributed by atoms with Crippen LogP contribution in [0, 0.1) is 12.8 Å². The molecule has 0 bridgehead atoms.